The van der Waals surface area contributed by atoms with E-state index in [9.17, 15) is 9.59 Å². The first-order valence-corrected chi connectivity index (χ1v) is 12.3. The molecule has 1 saturated carbocycles. The lowest BCUT2D eigenvalue weighted by Crippen LogP contribution is -2.60. The molecule has 2 heterocycles. The lowest BCUT2D eigenvalue weighted by molar-refractivity contribution is -0.124. The van der Waals surface area contributed by atoms with Gasteiger partial charge in [0.2, 0.25) is 5.91 Å². The SMILES string of the molecule is CC(C)N(CC(=O)NCC1(N2CCOCC2)CCCCC1)Cc1nc2ccccc2c(=O)[nH]1. The van der Waals surface area contributed by atoms with E-state index in [1.807, 2.05) is 23.1 Å². The molecule has 4 rings (SSSR count). The maximum Gasteiger partial charge on any atom is 0.258 e. The molecule has 8 nitrogen and oxygen atoms in total. The predicted octanol–water partition coefficient (Wildman–Crippen LogP) is 2.28. The summed E-state index contributed by atoms with van der Waals surface area (Å²) < 4.78 is 5.57. The number of hydrogen-bond donors (Lipinski definition) is 2. The smallest absolute Gasteiger partial charge is 0.258 e. The van der Waals surface area contributed by atoms with Crippen LogP contribution in [0.25, 0.3) is 10.9 Å². The third-order valence-corrected chi connectivity index (χ3v) is 7.17. The number of H-pyrrole nitrogens is 1. The molecule has 1 aromatic carbocycles. The first-order valence-electron chi connectivity index (χ1n) is 12.3. The summed E-state index contributed by atoms with van der Waals surface area (Å²) in [6.07, 6.45) is 5.96. The molecule has 0 unspecified atom stereocenters. The molecule has 2 aromatic rings. The molecular formula is C25H37N5O3. The summed E-state index contributed by atoms with van der Waals surface area (Å²) in [5.74, 6) is 0.599. The fraction of sp³-hybridized carbons (Fsp3) is 0.640. The number of nitrogens with one attached hydrogen (secondary N) is 2. The topological polar surface area (TPSA) is 90.6 Å². The summed E-state index contributed by atoms with van der Waals surface area (Å²) in [4.78, 5) is 37.5. The highest BCUT2D eigenvalue weighted by Crippen LogP contribution is 2.33. The van der Waals surface area contributed by atoms with Crippen molar-refractivity contribution >= 4 is 16.8 Å². The molecule has 2 N–H and O–H groups in total. The van der Waals surface area contributed by atoms with Gasteiger partial charge in [0.15, 0.2) is 0 Å². The summed E-state index contributed by atoms with van der Waals surface area (Å²) in [6, 6.07) is 7.46. The number of aromatic nitrogens is 2. The number of fused-ring (bicyclic) bond motifs is 1. The van der Waals surface area contributed by atoms with Crippen LogP contribution in [0.5, 0.6) is 0 Å². The van der Waals surface area contributed by atoms with Crippen molar-refractivity contribution in [2.24, 2.45) is 0 Å². The Bertz CT molecular complexity index is 993. The van der Waals surface area contributed by atoms with Gasteiger partial charge in [-0.25, -0.2) is 4.98 Å². The van der Waals surface area contributed by atoms with E-state index in [0.29, 0.717) is 29.8 Å². The molecule has 0 bridgehead atoms. The molecule has 180 valence electrons. The van der Waals surface area contributed by atoms with Gasteiger partial charge in [0.25, 0.3) is 5.56 Å². The van der Waals surface area contributed by atoms with Crippen LogP contribution in [0.4, 0.5) is 0 Å². The predicted molar refractivity (Wildman–Crippen MR) is 129 cm³/mol. The number of carbonyl (C=O) groups excluding carboxylic acids is 1. The number of rotatable bonds is 8. The zero-order valence-corrected chi connectivity index (χ0v) is 19.9. The van der Waals surface area contributed by atoms with Gasteiger partial charge in [-0.15, -0.1) is 0 Å². The van der Waals surface area contributed by atoms with E-state index in [-0.39, 0.29) is 29.6 Å². The minimum absolute atomic E-state index is 0.0186. The monoisotopic (exact) mass is 455 g/mol. The normalized spacial score (nSPS) is 19.3. The number of carbonyl (C=O) groups is 1. The van der Waals surface area contributed by atoms with E-state index in [4.69, 9.17) is 4.74 Å². The van der Waals surface area contributed by atoms with Crippen LogP contribution in [0.1, 0.15) is 51.8 Å². The van der Waals surface area contributed by atoms with Crippen LogP contribution in [0.15, 0.2) is 29.1 Å². The molecule has 0 spiro atoms. The number of amides is 1. The quantitative estimate of drug-likeness (QED) is 0.635. The zero-order chi connectivity index (χ0) is 23.3. The Morgan fingerprint density at radius 1 is 1.21 bits per heavy atom. The Hall–Kier alpha value is -2.29. The zero-order valence-electron chi connectivity index (χ0n) is 19.9. The second kappa shape index (κ2) is 10.8. The third kappa shape index (κ3) is 5.80. The summed E-state index contributed by atoms with van der Waals surface area (Å²) in [6.45, 7) is 8.91. The number of ether oxygens (including phenoxy) is 1. The van der Waals surface area contributed by atoms with Crippen molar-refractivity contribution in [2.75, 3.05) is 39.4 Å². The molecule has 0 radical (unpaired) electrons. The van der Waals surface area contributed by atoms with Gasteiger partial charge in [0.1, 0.15) is 5.82 Å². The molecule has 1 aliphatic carbocycles. The van der Waals surface area contributed by atoms with Crippen LogP contribution in [-0.2, 0) is 16.1 Å². The Labute approximate surface area is 195 Å². The molecule has 33 heavy (non-hydrogen) atoms. The van der Waals surface area contributed by atoms with E-state index >= 15 is 0 Å². The van der Waals surface area contributed by atoms with Crippen molar-refractivity contribution in [3.63, 3.8) is 0 Å². The van der Waals surface area contributed by atoms with Crippen LogP contribution in [0.3, 0.4) is 0 Å². The first-order chi connectivity index (χ1) is 16.0. The molecule has 1 aromatic heterocycles. The summed E-state index contributed by atoms with van der Waals surface area (Å²) in [7, 11) is 0. The second-order valence-electron chi connectivity index (χ2n) is 9.69. The number of para-hydroxylation sites is 1. The van der Waals surface area contributed by atoms with E-state index in [2.05, 4.69) is 34.0 Å². The fourth-order valence-electron chi connectivity index (χ4n) is 5.18. The van der Waals surface area contributed by atoms with Gasteiger partial charge in [-0.1, -0.05) is 31.4 Å². The second-order valence-corrected chi connectivity index (χ2v) is 9.69. The standard InChI is InChI=1S/C25H37N5O3/c1-19(2)29(16-22-27-21-9-5-4-8-20(21)24(32)28-22)17-23(31)26-18-25(10-6-3-7-11-25)30-12-14-33-15-13-30/h4-5,8-9,19H,3,6-7,10-18H2,1-2H3,(H,26,31)(H,27,28,32). The van der Waals surface area contributed by atoms with Crippen LogP contribution >= 0.6 is 0 Å². The third-order valence-electron chi connectivity index (χ3n) is 7.17. The molecule has 1 amide bonds. The van der Waals surface area contributed by atoms with Crippen LogP contribution in [0, 0.1) is 0 Å². The highest BCUT2D eigenvalue weighted by molar-refractivity contribution is 5.78. The lowest BCUT2D eigenvalue weighted by atomic mass is 9.79. The Morgan fingerprint density at radius 2 is 1.94 bits per heavy atom. The van der Waals surface area contributed by atoms with Crippen LogP contribution in [-0.4, -0.2) is 76.6 Å². The number of aromatic amines is 1. The average Bonchev–Trinajstić information content (AvgIpc) is 2.83. The van der Waals surface area contributed by atoms with Gasteiger partial charge >= 0.3 is 0 Å². The largest absolute Gasteiger partial charge is 0.379 e. The Morgan fingerprint density at radius 3 is 2.67 bits per heavy atom. The first kappa shape index (κ1) is 23.9. The van der Waals surface area contributed by atoms with Crippen molar-refractivity contribution in [1.82, 2.24) is 25.1 Å². The van der Waals surface area contributed by atoms with Gasteiger partial charge < -0.3 is 15.0 Å². The van der Waals surface area contributed by atoms with Crippen LogP contribution in [0.2, 0.25) is 0 Å². The molecule has 1 aliphatic heterocycles. The highest BCUT2D eigenvalue weighted by Gasteiger charge is 2.38. The number of nitrogens with zero attached hydrogens (tertiary/aromatic N) is 3. The number of hydrogen-bond acceptors (Lipinski definition) is 6. The van der Waals surface area contributed by atoms with Crippen molar-refractivity contribution in [1.29, 1.82) is 0 Å². The fourth-order valence-corrected chi connectivity index (χ4v) is 5.18. The van der Waals surface area contributed by atoms with Crippen molar-refractivity contribution in [3.8, 4) is 0 Å². The van der Waals surface area contributed by atoms with Gasteiger partial charge in [-0.3, -0.25) is 19.4 Å². The van der Waals surface area contributed by atoms with E-state index in [0.717, 1.165) is 39.1 Å². The molecule has 1 saturated heterocycles. The maximum absolute atomic E-state index is 13.0. The van der Waals surface area contributed by atoms with E-state index < -0.39 is 0 Å². The van der Waals surface area contributed by atoms with Gasteiger partial charge in [-0.2, -0.15) is 0 Å². The lowest BCUT2D eigenvalue weighted by Gasteiger charge is -2.48. The Kier molecular flexibility index (Phi) is 7.78. The van der Waals surface area contributed by atoms with Crippen molar-refractivity contribution < 1.29 is 9.53 Å². The van der Waals surface area contributed by atoms with E-state index in [1.165, 1.54) is 19.3 Å². The van der Waals surface area contributed by atoms with Gasteiger partial charge in [-0.05, 0) is 38.8 Å². The molecule has 2 fully saturated rings. The molecule has 8 heteroatoms. The van der Waals surface area contributed by atoms with Crippen molar-refractivity contribution in [3.05, 3.63) is 40.4 Å². The summed E-state index contributed by atoms with van der Waals surface area (Å²) in [5.41, 5.74) is 0.577. The van der Waals surface area contributed by atoms with Crippen LogP contribution < -0.4 is 10.9 Å². The minimum atomic E-state index is -0.145. The summed E-state index contributed by atoms with van der Waals surface area (Å²) >= 11 is 0. The van der Waals surface area contributed by atoms with E-state index in [1.54, 1.807) is 6.07 Å². The van der Waals surface area contributed by atoms with Crippen molar-refractivity contribution in [2.45, 2.75) is 64.1 Å². The number of benzene rings is 1. The van der Waals surface area contributed by atoms with Gasteiger partial charge in [0.05, 0.1) is 37.2 Å². The molecular weight excluding hydrogens is 418 g/mol. The minimum Gasteiger partial charge on any atom is -0.379 e. The maximum atomic E-state index is 13.0. The average molecular weight is 456 g/mol. The van der Waals surface area contributed by atoms with Gasteiger partial charge in [0, 0.05) is 31.2 Å². The summed E-state index contributed by atoms with van der Waals surface area (Å²) in [5, 5.41) is 3.83. The Balaban J connectivity index is 1.40. The molecule has 0 atom stereocenters. The highest BCUT2D eigenvalue weighted by atomic mass is 16.5. The number of morpholine rings is 1. The molecule has 2 aliphatic rings.